The van der Waals surface area contributed by atoms with Crippen molar-refractivity contribution in [2.45, 2.75) is 20.5 Å². The maximum absolute atomic E-state index is 10.3. The first kappa shape index (κ1) is 9.51. The minimum atomic E-state index is -0.757. The summed E-state index contributed by atoms with van der Waals surface area (Å²) in [5.74, 6) is 0. The lowest BCUT2D eigenvalue weighted by molar-refractivity contribution is 0.150. The van der Waals surface area contributed by atoms with Crippen LogP contribution in [0.3, 0.4) is 0 Å². The summed E-state index contributed by atoms with van der Waals surface area (Å²) < 4.78 is 4.65. The summed E-state index contributed by atoms with van der Waals surface area (Å²) in [6.07, 6.45) is -0.757. The third-order valence-electron chi connectivity index (χ3n) is 1.52. The van der Waals surface area contributed by atoms with E-state index in [2.05, 4.69) is 9.72 Å². The zero-order valence-electron chi connectivity index (χ0n) is 7.70. The molecule has 0 saturated carbocycles. The van der Waals surface area contributed by atoms with E-state index >= 15 is 0 Å². The Morgan fingerprint density at radius 1 is 1.46 bits per heavy atom. The van der Waals surface area contributed by atoms with Gasteiger partial charge in [-0.1, -0.05) is 0 Å². The summed E-state index contributed by atoms with van der Waals surface area (Å²) in [7, 11) is 0. The molecule has 0 bridgehead atoms. The quantitative estimate of drug-likeness (QED) is 0.745. The van der Waals surface area contributed by atoms with Crippen molar-refractivity contribution in [3.63, 3.8) is 0 Å². The van der Waals surface area contributed by atoms with E-state index in [4.69, 9.17) is 5.73 Å². The Bertz CT molecular complexity index is 303. The van der Waals surface area contributed by atoms with Crippen molar-refractivity contribution in [3.05, 3.63) is 29.1 Å². The number of amides is 1. The van der Waals surface area contributed by atoms with Gasteiger partial charge in [-0.25, -0.2) is 4.79 Å². The normalized spacial score (nSPS) is 9.69. The number of pyridine rings is 1. The molecule has 4 nitrogen and oxygen atoms in total. The van der Waals surface area contributed by atoms with Crippen LogP contribution in [0.4, 0.5) is 4.79 Å². The van der Waals surface area contributed by atoms with Gasteiger partial charge in [0.1, 0.15) is 6.61 Å². The van der Waals surface area contributed by atoms with Gasteiger partial charge < -0.3 is 10.5 Å². The zero-order valence-corrected chi connectivity index (χ0v) is 7.70. The van der Waals surface area contributed by atoms with Crippen molar-refractivity contribution >= 4 is 6.09 Å². The van der Waals surface area contributed by atoms with Crippen molar-refractivity contribution in [2.24, 2.45) is 5.73 Å². The minimum absolute atomic E-state index is 0.208. The molecule has 0 spiro atoms. The number of ether oxygens (including phenoxy) is 1. The SMILES string of the molecule is Cc1cc(COC(N)=O)cc(C)n1. The number of aryl methyl sites for hydroxylation is 2. The highest BCUT2D eigenvalue weighted by Crippen LogP contribution is 2.05. The first-order valence-electron chi connectivity index (χ1n) is 3.94. The van der Waals surface area contributed by atoms with Crippen molar-refractivity contribution in [3.8, 4) is 0 Å². The van der Waals surface area contributed by atoms with Crippen molar-refractivity contribution in [1.82, 2.24) is 4.98 Å². The number of carbonyl (C=O) groups excluding carboxylic acids is 1. The fraction of sp³-hybridized carbons (Fsp3) is 0.333. The lowest BCUT2D eigenvalue weighted by Crippen LogP contribution is -2.12. The summed E-state index contributed by atoms with van der Waals surface area (Å²) in [5.41, 5.74) is 7.56. The third-order valence-corrected chi connectivity index (χ3v) is 1.52. The first-order valence-corrected chi connectivity index (χ1v) is 3.94. The van der Waals surface area contributed by atoms with Crippen LogP contribution in [0.1, 0.15) is 17.0 Å². The van der Waals surface area contributed by atoms with E-state index in [-0.39, 0.29) is 6.61 Å². The van der Waals surface area contributed by atoms with Crippen molar-refractivity contribution < 1.29 is 9.53 Å². The highest BCUT2D eigenvalue weighted by atomic mass is 16.5. The molecule has 0 fully saturated rings. The molecular formula is C9H12N2O2. The van der Waals surface area contributed by atoms with E-state index in [1.165, 1.54) is 0 Å². The monoisotopic (exact) mass is 180 g/mol. The van der Waals surface area contributed by atoms with Crippen LogP contribution in [0.5, 0.6) is 0 Å². The summed E-state index contributed by atoms with van der Waals surface area (Å²) in [6.45, 7) is 3.99. The highest BCUT2D eigenvalue weighted by Gasteiger charge is 1.99. The van der Waals surface area contributed by atoms with Crippen LogP contribution >= 0.6 is 0 Å². The summed E-state index contributed by atoms with van der Waals surface area (Å²) in [5, 5.41) is 0. The fourth-order valence-electron chi connectivity index (χ4n) is 1.16. The molecule has 4 heteroatoms. The van der Waals surface area contributed by atoms with Gasteiger partial charge in [0.25, 0.3) is 0 Å². The molecule has 0 aliphatic rings. The number of aromatic nitrogens is 1. The van der Waals surface area contributed by atoms with Gasteiger partial charge in [0.05, 0.1) is 0 Å². The predicted octanol–water partition coefficient (Wildman–Crippen LogP) is 1.29. The Labute approximate surface area is 76.7 Å². The average molecular weight is 180 g/mol. The average Bonchev–Trinajstić information content (AvgIpc) is 1.99. The molecule has 1 aromatic heterocycles. The Morgan fingerprint density at radius 3 is 2.46 bits per heavy atom. The molecular weight excluding hydrogens is 168 g/mol. The number of carbonyl (C=O) groups is 1. The van der Waals surface area contributed by atoms with Crippen LogP contribution in [0.15, 0.2) is 12.1 Å². The molecule has 0 atom stereocenters. The number of primary amides is 1. The lowest BCUT2D eigenvalue weighted by atomic mass is 10.2. The number of hydrogen-bond acceptors (Lipinski definition) is 3. The van der Waals surface area contributed by atoms with Gasteiger partial charge in [-0.05, 0) is 31.5 Å². The lowest BCUT2D eigenvalue weighted by Gasteiger charge is -2.03. The van der Waals surface area contributed by atoms with Crippen LogP contribution in [0.2, 0.25) is 0 Å². The van der Waals surface area contributed by atoms with Gasteiger partial charge in [-0.15, -0.1) is 0 Å². The van der Waals surface area contributed by atoms with Gasteiger partial charge in [-0.3, -0.25) is 4.98 Å². The van der Waals surface area contributed by atoms with Crippen LogP contribution in [-0.4, -0.2) is 11.1 Å². The number of hydrogen-bond donors (Lipinski definition) is 1. The van der Waals surface area contributed by atoms with Crippen LogP contribution in [-0.2, 0) is 11.3 Å². The molecule has 1 amide bonds. The summed E-state index contributed by atoms with van der Waals surface area (Å²) in [4.78, 5) is 14.5. The molecule has 0 aliphatic heterocycles. The standard InChI is InChI=1S/C9H12N2O2/c1-6-3-8(4-7(2)11-6)5-13-9(10)12/h3-4H,5H2,1-2H3,(H2,10,12). The summed E-state index contributed by atoms with van der Waals surface area (Å²) in [6, 6.07) is 3.71. The first-order chi connectivity index (χ1) is 6.08. The highest BCUT2D eigenvalue weighted by molar-refractivity contribution is 5.64. The molecule has 0 aliphatic carbocycles. The van der Waals surface area contributed by atoms with Gasteiger partial charge in [0.15, 0.2) is 0 Å². The van der Waals surface area contributed by atoms with E-state index in [0.717, 1.165) is 17.0 Å². The maximum atomic E-state index is 10.3. The Kier molecular flexibility index (Phi) is 2.84. The summed E-state index contributed by atoms with van der Waals surface area (Å²) >= 11 is 0. The number of nitrogens with two attached hydrogens (primary N) is 1. The second-order valence-electron chi connectivity index (χ2n) is 2.87. The number of rotatable bonds is 2. The van der Waals surface area contributed by atoms with Gasteiger partial charge in [-0.2, -0.15) is 0 Å². The molecule has 0 aromatic carbocycles. The van der Waals surface area contributed by atoms with Crippen molar-refractivity contribution in [1.29, 1.82) is 0 Å². The van der Waals surface area contributed by atoms with Crippen LogP contribution in [0.25, 0.3) is 0 Å². The molecule has 0 saturated heterocycles. The molecule has 1 aromatic rings. The van der Waals surface area contributed by atoms with Gasteiger partial charge in [0, 0.05) is 11.4 Å². The van der Waals surface area contributed by atoms with E-state index in [1.54, 1.807) is 0 Å². The largest absolute Gasteiger partial charge is 0.445 e. The minimum Gasteiger partial charge on any atom is -0.445 e. The third kappa shape index (κ3) is 3.11. The predicted molar refractivity (Wildman–Crippen MR) is 48.1 cm³/mol. The fourth-order valence-corrected chi connectivity index (χ4v) is 1.16. The molecule has 0 radical (unpaired) electrons. The Morgan fingerprint density at radius 2 is 2.00 bits per heavy atom. The van der Waals surface area contributed by atoms with Gasteiger partial charge in [0.2, 0.25) is 0 Å². The molecule has 1 heterocycles. The van der Waals surface area contributed by atoms with Crippen LogP contribution < -0.4 is 5.73 Å². The Hall–Kier alpha value is -1.58. The molecule has 1 rings (SSSR count). The maximum Gasteiger partial charge on any atom is 0.404 e. The molecule has 0 unspecified atom stereocenters. The number of nitrogens with zero attached hydrogens (tertiary/aromatic N) is 1. The van der Waals surface area contributed by atoms with Crippen LogP contribution in [0, 0.1) is 13.8 Å². The van der Waals surface area contributed by atoms with Crippen molar-refractivity contribution in [2.75, 3.05) is 0 Å². The van der Waals surface area contributed by atoms with E-state index < -0.39 is 6.09 Å². The molecule has 2 N–H and O–H groups in total. The second-order valence-corrected chi connectivity index (χ2v) is 2.87. The van der Waals surface area contributed by atoms with E-state index in [0.29, 0.717) is 0 Å². The smallest absolute Gasteiger partial charge is 0.404 e. The molecule has 13 heavy (non-hydrogen) atoms. The topological polar surface area (TPSA) is 65.2 Å². The molecule has 70 valence electrons. The van der Waals surface area contributed by atoms with Gasteiger partial charge >= 0.3 is 6.09 Å². The van der Waals surface area contributed by atoms with E-state index in [1.807, 2.05) is 26.0 Å². The zero-order chi connectivity index (χ0) is 9.84. The van der Waals surface area contributed by atoms with E-state index in [9.17, 15) is 4.79 Å². The Balaban J connectivity index is 2.71. The second kappa shape index (κ2) is 3.89.